The summed E-state index contributed by atoms with van der Waals surface area (Å²) >= 11 is 19.0. The zero-order valence-corrected chi connectivity index (χ0v) is 27.9. The van der Waals surface area contributed by atoms with Gasteiger partial charge in [0.25, 0.3) is 10.0 Å². The lowest BCUT2D eigenvalue weighted by molar-refractivity contribution is -0.139. The molecule has 12 heteroatoms. The maximum absolute atomic E-state index is 14.2. The summed E-state index contributed by atoms with van der Waals surface area (Å²) in [6.07, 6.45) is 4.92. The summed E-state index contributed by atoms with van der Waals surface area (Å²) in [5.41, 5.74) is 1.60. The molecular formula is C32H36Cl3N3O5S. The first-order chi connectivity index (χ1) is 20.9. The number of halogens is 3. The number of hydrogen-bond donors (Lipinski definition) is 1. The van der Waals surface area contributed by atoms with Gasteiger partial charge in [0.2, 0.25) is 11.8 Å². The van der Waals surface area contributed by atoms with Crippen LogP contribution >= 0.6 is 34.8 Å². The van der Waals surface area contributed by atoms with E-state index in [2.05, 4.69) is 5.32 Å². The molecule has 1 aliphatic carbocycles. The van der Waals surface area contributed by atoms with E-state index in [4.69, 9.17) is 39.5 Å². The SMILES string of the molecule is COc1ccc(N(CC(=O)N(Cc2ccc(Cl)cc2Cl)C(C)C(=O)NC2CCCCC2)S(=O)(=O)c2ccc(C)cc2)cc1Cl. The van der Waals surface area contributed by atoms with Gasteiger partial charge in [-0.05, 0) is 74.7 Å². The van der Waals surface area contributed by atoms with Gasteiger partial charge in [0.1, 0.15) is 18.3 Å². The molecule has 1 unspecified atom stereocenters. The van der Waals surface area contributed by atoms with Crippen molar-refractivity contribution in [3.8, 4) is 5.75 Å². The van der Waals surface area contributed by atoms with Crippen LogP contribution in [0, 0.1) is 6.92 Å². The lowest BCUT2D eigenvalue weighted by atomic mass is 9.95. The average molecular weight is 681 g/mol. The highest BCUT2D eigenvalue weighted by molar-refractivity contribution is 7.92. The second kappa shape index (κ2) is 14.9. The van der Waals surface area contributed by atoms with Gasteiger partial charge in [-0.1, -0.05) is 77.8 Å². The molecule has 1 N–H and O–H groups in total. The second-order valence-corrected chi connectivity index (χ2v) is 14.0. The number of hydrogen-bond acceptors (Lipinski definition) is 5. The Hall–Kier alpha value is -2.98. The lowest BCUT2D eigenvalue weighted by Crippen LogP contribution is -2.53. The van der Waals surface area contributed by atoms with Crippen molar-refractivity contribution in [3.05, 3.63) is 86.9 Å². The quantitative estimate of drug-likeness (QED) is 0.235. The first kappa shape index (κ1) is 33.9. The average Bonchev–Trinajstić information content (AvgIpc) is 2.99. The molecule has 3 aromatic carbocycles. The van der Waals surface area contributed by atoms with Gasteiger partial charge in [-0.15, -0.1) is 0 Å². The largest absolute Gasteiger partial charge is 0.495 e. The number of carbonyl (C=O) groups is 2. The Balaban J connectivity index is 1.72. The Kier molecular flexibility index (Phi) is 11.5. The molecule has 0 aliphatic heterocycles. The highest BCUT2D eigenvalue weighted by atomic mass is 35.5. The Morgan fingerprint density at radius 3 is 2.25 bits per heavy atom. The number of benzene rings is 3. The van der Waals surface area contributed by atoms with E-state index in [1.165, 1.54) is 42.3 Å². The normalized spacial score (nSPS) is 14.5. The molecule has 0 saturated heterocycles. The Morgan fingerprint density at radius 2 is 1.64 bits per heavy atom. The Bertz CT molecular complexity index is 1600. The van der Waals surface area contributed by atoms with Gasteiger partial charge in [0.15, 0.2) is 0 Å². The Labute approximate surface area is 274 Å². The molecule has 1 fully saturated rings. The van der Waals surface area contributed by atoms with Crippen LogP contribution in [0.4, 0.5) is 5.69 Å². The lowest BCUT2D eigenvalue weighted by Gasteiger charge is -2.33. The van der Waals surface area contributed by atoms with Crippen LogP contribution in [0.3, 0.4) is 0 Å². The van der Waals surface area contributed by atoms with Crippen molar-refractivity contribution in [2.45, 2.75) is 69.5 Å². The molecule has 8 nitrogen and oxygen atoms in total. The van der Waals surface area contributed by atoms with E-state index in [1.807, 2.05) is 6.92 Å². The highest BCUT2D eigenvalue weighted by Crippen LogP contribution is 2.32. The number of nitrogens with one attached hydrogen (secondary N) is 1. The van der Waals surface area contributed by atoms with Crippen molar-refractivity contribution in [2.75, 3.05) is 18.0 Å². The molecule has 1 atom stereocenters. The van der Waals surface area contributed by atoms with Gasteiger partial charge < -0.3 is 15.0 Å². The maximum atomic E-state index is 14.2. The summed E-state index contributed by atoms with van der Waals surface area (Å²) in [5.74, 6) is -0.581. The minimum absolute atomic E-state index is 0.00164. The first-order valence-electron chi connectivity index (χ1n) is 14.4. The molecule has 1 aliphatic rings. The van der Waals surface area contributed by atoms with Crippen LogP contribution in [-0.4, -0.2) is 50.9 Å². The number of ether oxygens (including phenoxy) is 1. The molecule has 0 radical (unpaired) electrons. The summed E-state index contributed by atoms with van der Waals surface area (Å²) in [5, 5.41) is 4.00. The smallest absolute Gasteiger partial charge is 0.264 e. The van der Waals surface area contributed by atoms with Crippen LogP contribution in [-0.2, 0) is 26.2 Å². The highest BCUT2D eigenvalue weighted by Gasteiger charge is 2.34. The van der Waals surface area contributed by atoms with Gasteiger partial charge in [0.05, 0.1) is 22.7 Å². The van der Waals surface area contributed by atoms with E-state index in [0.717, 1.165) is 42.0 Å². The molecule has 0 heterocycles. The molecule has 0 spiro atoms. The van der Waals surface area contributed by atoms with Crippen molar-refractivity contribution in [2.24, 2.45) is 0 Å². The zero-order valence-electron chi connectivity index (χ0n) is 24.9. The standard InChI is InChI=1S/C32H36Cl3N3O5S/c1-21-9-14-27(15-10-21)44(41,42)38(26-13-16-30(43-3)29(35)18-26)20-31(39)37(19-23-11-12-24(33)17-28(23)34)22(2)32(40)36-25-7-5-4-6-8-25/h9-18,22,25H,4-8,19-20H2,1-3H3,(H,36,40). The van der Waals surface area contributed by atoms with Crippen LogP contribution in [0.25, 0.3) is 0 Å². The van der Waals surface area contributed by atoms with E-state index in [1.54, 1.807) is 37.3 Å². The minimum atomic E-state index is -4.25. The molecule has 0 bridgehead atoms. The number of amides is 2. The minimum Gasteiger partial charge on any atom is -0.495 e. The van der Waals surface area contributed by atoms with Crippen LogP contribution in [0.1, 0.15) is 50.2 Å². The van der Waals surface area contributed by atoms with Gasteiger partial charge >= 0.3 is 0 Å². The van der Waals surface area contributed by atoms with Crippen LogP contribution in [0.2, 0.25) is 15.1 Å². The van der Waals surface area contributed by atoms with Crippen molar-refractivity contribution in [1.82, 2.24) is 10.2 Å². The number of nitrogens with zero attached hydrogens (tertiary/aromatic N) is 2. The van der Waals surface area contributed by atoms with E-state index >= 15 is 0 Å². The van der Waals surface area contributed by atoms with Gasteiger partial charge in [-0.3, -0.25) is 13.9 Å². The third-order valence-corrected chi connectivity index (χ3v) is 10.5. The number of methoxy groups -OCH3 is 1. The Morgan fingerprint density at radius 1 is 0.955 bits per heavy atom. The number of sulfonamides is 1. The van der Waals surface area contributed by atoms with Crippen molar-refractivity contribution in [1.29, 1.82) is 0 Å². The van der Waals surface area contributed by atoms with Crippen molar-refractivity contribution >= 4 is 62.3 Å². The molecule has 0 aromatic heterocycles. The third kappa shape index (κ3) is 8.18. The van der Waals surface area contributed by atoms with Gasteiger partial charge in [-0.2, -0.15) is 0 Å². The van der Waals surface area contributed by atoms with Crippen LogP contribution in [0.5, 0.6) is 5.75 Å². The predicted molar refractivity (Wildman–Crippen MR) is 175 cm³/mol. The van der Waals surface area contributed by atoms with Crippen LogP contribution < -0.4 is 14.4 Å². The topological polar surface area (TPSA) is 96.0 Å². The fourth-order valence-corrected chi connectivity index (χ4v) is 7.29. The summed E-state index contributed by atoms with van der Waals surface area (Å²) in [6.45, 7) is 2.82. The summed E-state index contributed by atoms with van der Waals surface area (Å²) in [6, 6.07) is 14.8. The predicted octanol–water partition coefficient (Wildman–Crippen LogP) is 7.03. The molecule has 3 aromatic rings. The van der Waals surface area contributed by atoms with E-state index in [9.17, 15) is 18.0 Å². The molecule has 4 rings (SSSR count). The fraction of sp³-hybridized carbons (Fsp3) is 0.375. The summed E-state index contributed by atoms with van der Waals surface area (Å²) in [4.78, 5) is 29.0. The third-order valence-electron chi connectivity index (χ3n) is 7.79. The van der Waals surface area contributed by atoms with E-state index in [-0.39, 0.29) is 34.1 Å². The number of aryl methyl sites for hydroxylation is 1. The number of rotatable bonds is 11. The number of carbonyl (C=O) groups excluding carboxylic acids is 2. The molecule has 2 amide bonds. The first-order valence-corrected chi connectivity index (χ1v) is 16.9. The summed E-state index contributed by atoms with van der Waals surface area (Å²) < 4.78 is 34.3. The molecule has 236 valence electrons. The monoisotopic (exact) mass is 679 g/mol. The number of anilines is 1. The zero-order chi connectivity index (χ0) is 32.0. The molecule has 1 saturated carbocycles. The molecular weight excluding hydrogens is 645 g/mol. The van der Waals surface area contributed by atoms with Crippen LogP contribution in [0.15, 0.2) is 65.6 Å². The van der Waals surface area contributed by atoms with Gasteiger partial charge in [-0.25, -0.2) is 8.42 Å². The van der Waals surface area contributed by atoms with Gasteiger partial charge in [0, 0.05) is 22.6 Å². The van der Waals surface area contributed by atoms with Crippen molar-refractivity contribution in [3.63, 3.8) is 0 Å². The summed E-state index contributed by atoms with van der Waals surface area (Å²) in [7, 11) is -2.80. The molecule has 44 heavy (non-hydrogen) atoms. The fourth-order valence-electron chi connectivity index (χ4n) is 5.16. The second-order valence-electron chi connectivity index (χ2n) is 10.9. The van der Waals surface area contributed by atoms with E-state index < -0.39 is 28.5 Å². The van der Waals surface area contributed by atoms with Crippen molar-refractivity contribution < 1.29 is 22.7 Å². The van der Waals surface area contributed by atoms with E-state index in [0.29, 0.717) is 21.4 Å². The maximum Gasteiger partial charge on any atom is 0.264 e.